The van der Waals surface area contributed by atoms with E-state index in [9.17, 15) is 4.79 Å². The molecule has 1 heterocycles. The van der Waals surface area contributed by atoms with Crippen molar-refractivity contribution >= 4 is 46.0 Å². The largest absolute Gasteiger partial charge is 0.497 e. The lowest BCUT2D eigenvalue weighted by atomic mass is 10.1. The fourth-order valence-corrected chi connectivity index (χ4v) is 3.84. The molecule has 26 heavy (non-hydrogen) atoms. The maximum absolute atomic E-state index is 12.9. The summed E-state index contributed by atoms with van der Waals surface area (Å²) in [4.78, 5) is 14.9. The van der Waals surface area contributed by atoms with Gasteiger partial charge in [-0.3, -0.25) is 9.69 Å². The summed E-state index contributed by atoms with van der Waals surface area (Å²) in [6.07, 6.45) is 1.77. The molecule has 3 rings (SSSR count). The summed E-state index contributed by atoms with van der Waals surface area (Å²) in [5, 5.41) is 0. The second kappa shape index (κ2) is 7.80. The molecule has 0 bridgehead atoms. The van der Waals surface area contributed by atoms with Crippen molar-refractivity contribution in [2.24, 2.45) is 0 Å². The average molecular weight is 387 g/mol. The van der Waals surface area contributed by atoms with Gasteiger partial charge in [0.15, 0.2) is 4.32 Å². The number of para-hydroxylation sites is 2. The molecule has 134 valence electrons. The SMILES string of the molecule is COc1ccc(/C=C2\SC(=S)N(c3ccccc3OC)C2=O)c(OC)c1. The van der Waals surface area contributed by atoms with Crippen molar-refractivity contribution in [3.63, 3.8) is 0 Å². The zero-order valence-corrected chi connectivity index (χ0v) is 16.1. The lowest BCUT2D eigenvalue weighted by Crippen LogP contribution is -2.27. The van der Waals surface area contributed by atoms with Crippen LogP contribution in [0.25, 0.3) is 6.08 Å². The number of ether oxygens (including phenoxy) is 3. The summed E-state index contributed by atoms with van der Waals surface area (Å²) in [5.41, 5.74) is 1.40. The molecule has 0 saturated carbocycles. The Bertz CT molecular complexity index is 895. The molecule has 1 amide bonds. The Hall–Kier alpha value is -2.51. The average Bonchev–Trinajstić information content (AvgIpc) is 2.95. The van der Waals surface area contributed by atoms with Gasteiger partial charge in [-0.05, 0) is 30.3 Å². The van der Waals surface area contributed by atoms with Crippen LogP contribution in [0.15, 0.2) is 47.4 Å². The van der Waals surface area contributed by atoms with Crippen LogP contribution in [-0.4, -0.2) is 31.6 Å². The number of carbonyl (C=O) groups is 1. The molecule has 7 heteroatoms. The minimum atomic E-state index is -0.192. The van der Waals surface area contributed by atoms with Gasteiger partial charge < -0.3 is 14.2 Å². The highest BCUT2D eigenvalue weighted by Crippen LogP contribution is 2.40. The molecule has 0 spiro atoms. The number of nitrogens with zero attached hydrogens (tertiary/aromatic N) is 1. The number of methoxy groups -OCH3 is 3. The van der Waals surface area contributed by atoms with Crippen LogP contribution >= 0.6 is 24.0 Å². The maximum Gasteiger partial charge on any atom is 0.270 e. The van der Waals surface area contributed by atoms with Crippen molar-refractivity contribution in [3.8, 4) is 17.2 Å². The van der Waals surface area contributed by atoms with Gasteiger partial charge in [-0.2, -0.15) is 0 Å². The van der Waals surface area contributed by atoms with Gasteiger partial charge in [0.2, 0.25) is 0 Å². The second-order valence-corrected chi connectivity index (χ2v) is 6.97. The first kappa shape index (κ1) is 18.3. The van der Waals surface area contributed by atoms with Gasteiger partial charge in [0.1, 0.15) is 17.2 Å². The molecule has 0 aliphatic carbocycles. The van der Waals surface area contributed by atoms with E-state index in [1.165, 1.54) is 16.7 Å². The van der Waals surface area contributed by atoms with E-state index in [-0.39, 0.29) is 5.91 Å². The molecule has 0 N–H and O–H groups in total. The monoisotopic (exact) mass is 387 g/mol. The van der Waals surface area contributed by atoms with Gasteiger partial charge >= 0.3 is 0 Å². The summed E-state index contributed by atoms with van der Waals surface area (Å²) in [5.74, 6) is 1.70. The molecule has 0 unspecified atom stereocenters. The topological polar surface area (TPSA) is 48.0 Å². The predicted octanol–water partition coefficient (Wildman–Crippen LogP) is 4.12. The van der Waals surface area contributed by atoms with Crippen molar-refractivity contribution in [1.82, 2.24) is 0 Å². The third kappa shape index (κ3) is 3.40. The van der Waals surface area contributed by atoms with Crippen LogP contribution in [0.2, 0.25) is 0 Å². The smallest absolute Gasteiger partial charge is 0.270 e. The first-order valence-corrected chi connectivity index (χ1v) is 8.94. The van der Waals surface area contributed by atoms with E-state index in [1.54, 1.807) is 45.6 Å². The summed E-state index contributed by atoms with van der Waals surface area (Å²) >= 11 is 6.67. The van der Waals surface area contributed by atoms with Crippen LogP contribution in [0.4, 0.5) is 5.69 Å². The Balaban J connectivity index is 1.98. The Labute approximate surface area is 161 Å². The number of thiocarbonyl (C=S) groups is 1. The highest BCUT2D eigenvalue weighted by molar-refractivity contribution is 8.27. The first-order valence-electron chi connectivity index (χ1n) is 7.72. The maximum atomic E-state index is 12.9. The van der Waals surface area contributed by atoms with Crippen molar-refractivity contribution in [1.29, 1.82) is 0 Å². The molecule has 5 nitrogen and oxygen atoms in total. The quantitative estimate of drug-likeness (QED) is 0.568. The number of thioether (sulfide) groups is 1. The van der Waals surface area contributed by atoms with Crippen molar-refractivity contribution in [2.45, 2.75) is 0 Å². The van der Waals surface area contributed by atoms with Gasteiger partial charge in [0.05, 0.1) is 31.9 Å². The number of hydrogen-bond acceptors (Lipinski definition) is 6. The Morgan fingerprint density at radius 2 is 1.73 bits per heavy atom. The van der Waals surface area contributed by atoms with E-state index < -0.39 is 0 Å². The van der Waals surface area contributed by atoms with Gasteiger partial charge in [0, 0.05) is 11.6 Å². The minimum absolute atomic E-state index is 0.192. The van der Waals surface area contributed by atoms with Crippen molar-refractivity contribution in [2.75, 3.05) is 26.2 Å². The highest BCUT2D eigenvalue weighted by Gasteiger charge is 2.35. The highest BCUT2D eigenvalue weighted by atomic mass is 32.2. The van der Waals surface area contributed by atoms with E-state index in [1.807, 2.05) is 24.3 Å². The molecule has 1 aliphatic rings. The van der Waals surface area contributed by atoms with Gasteiger partial charge in [-0.15, -0.1) is 0 Å². The van der Waals surface area contributed by atoms with Crippen LogP contribution in [0.1, 0.15) is 5.56 Å². The lowest BCUT2D eigenvalue weighted by Gasteiger charge is -2.17. The molecule has 2 aromatic carbocycles. The van der Waals surface area contributed by atoms with Crippen molar-refractivity contribution in [3.05, 3.63) is 52.9 Å². The van der Waals surface area contributed by atoms with Gasteiger partial charge in [0.25, 0.3) is 5.91 Å². The van der Waals surface area contributed by atoms with Crippen LogP contribution in [-0.2, 0) is 4.79 Å². The number of carbonyl (C=O) groups excluding carboxylic acids is 1. The molecule has 0 aromatic heterocycles. The Morgan fingerprint density at radius 3 is 2.42 bits per heavy atom. The second-order valence-electron chi connectivity index (χ2n) is 5.30. The van der Waals surface area contributed by atoms with E-state index in [4.69, 9.17) is 26.4 Å². The van der Waals surface area contributed by atoms with Crippen LogP contribution in [0, 0.1) is 0 Å². The molecule has 1 fully saturated rings. The predicted molar refractivity (Wildman–Crippen MR) is 108 cm³/mol. The third-order valence-corrected chi connectivity index (χ3v) is 5.15. The van der Waals surface area contributed by atoms with E-state index in [0.717, 1.165) is 5.56 Å². The fourth-order valence-electron chi connectivity index (χ4n) is 2.57. The molecule has 1 saturated heterocycles. The lowest BCUT2D eigenvalue weighted by molar-refractivity contribution is -0.113. The van der Waals surface area contributed by atoms with Crippen molar-refractivity contribution < 1.29 is 19.0 Å². The van der Waals surface area contributed by atoms with Gasteiger partial charge in [-0.25, -0.2) is 0 Å². The molecular formula is C19H17NO4S2. The number of benzene rings is 2. The molecule has 0 radical (unpaired) electrons. The molecule has 0 atom stereocenters. The summed E-state index contributed by atoms with van der Waals surface area (Å²) < 4.78 is 16.4. The van der Waals surface area contributed by atoms with E-state index >= 15 is 0 Å². The normalized spacial score (nSPS) is 15.5. The number of amides is 1. The Morgan fingerprint density at radius 1 is 1.00 bits per heavy atom. The number of hydrogen-bond donors (Lipinski definition) is 0. The van der Waals surface area contributed by atoms with Crippen LogP contribution in [0.5, 0.6) is 17.2 Å². The van der Waals surface area contributed by atoms with E-state index in [2.05, 4.69) is 0 Å². The number of rotatable bonds is 5. The zero-order valence-electron chi connectivity index (χ0n) is 14.5. The summed E-state index contributed by atoms with van der Waals surface area (Å²) in [7, 11) is 4.73. The fraction of sp³-hybridized carbons (Fsp3) is 0.158. The van der Waals surface area contributed by atoms with Gasteiger partial charge in [-0.1, -0.05) is 36.1 Å². The van der Waals surface area contributed by atoms with Crippen LogP contribution in [0.3, 0.4) is 0 Å². The third-order valence-electron chi connectivity index (χ3n) is 3.85. The molecule has 2 aromatic rings. The molecule has 1 aliphatic heterocycles. The Kier molecular flexibility index (Phi) is 5.49. The molecular weight excluding hydrogens is 370 g/mol. The summed E-state index contributed by atoms with van der Waals surface area (Å²) in [6.45, 7) is 0. The number of anilines is 1. The summed E-state index contributed by atoms with van der Waals surface area (Å²) in [6, 6.07) is 12.7. The zero-order chi connectivity index (χ0) is 18.7. The van der Waals surface area contributed by atoms with E-state index in [0.29, 0.717) is 32.2 Å². The van der Waals surface area contributed by atoms with Crippen LogP contribution < -0.4 is 19.1 Å². The minimum Gasteiger partial charge on any atom is -0.497 e. The standard InChI is InChI=1S/C19H17NO4S2/c1-22-13-9-8-12(16(11-13)24-3)10-17-18(21)20(19(25)26-17)14-6-4-5-7-15(14)23-2/h4-11H,1-3H3/b17-10-. The first-order chi connectivity index (χ1) is 12.6.